The molecule has 1 aromatic carbocycles. The summed E-state index contributed by atoms with van der Waals surface area (Å²) >= 11 is 0. The topological polar surface area (TPSA) is 93.8 Å². The third-order valence-corrected chi connectivity index (χ3v) is 4.30. The number of amides is 2. The lowest BCUT2D eigenvalue weighted by molar-refractivity contribution is -0.115. The molecule has 3 aromatic rings. The lowest BCUT2D eigenvalue weighted by atomic mass is 10.1. The van der Waals surface area contributed by atoms with Crippen LogP contribution in [0.15, 0.2) is 42.5 Å². The predicted octanol–water partition coefficient (Wildman–Crippen LogP) is 1.84. The van der Waals surface area contributed by atoms with Gasteiger partial charge in [0.1, 0.15) is 5.82 Å². The molecule has 2 N–H and O–H groups in total. The van der Waals surface area contributed by atoms with Crippen molar-refractivity contribution in [2.45, 2.75) is 26.8 Å². The number of carbonyl (C=O) groups is 2. The van der Waals surface area contributed by atoms with E-state index >= 15 is 0 Å². The molecule has 8 heteroatoms. The largest absolute Gasteiger partial charge is 0.349 e. The lowest BCUT2D eigenvalue weighted by Gasteiger charge is -2.05. The minimum absolute atomic E-state index is 0.161. The summed E-state index contributed by atoms with van der Waals surface area (Å²) in [5.74, 6) is 0.0241. The van der Waals surface area contributed by atoms with Gasteiger partial charge in [-0.15, -0.1) is 0 Å². The third kappa shape index (κ3) is 4.85. The number of aromatic nitrogens is 4. The lowest BCUT2D eigenvalue weighted by Crippen LogP contribution is -2.28. The Hall–Kier alpha value is -3.42. The van der Waals surface area contributed by atoms with Crippen LogP contribution < -0.4 is 10.6 Å². The minimum atomic E-state index is -0.291. The number of benzene rings is 1. The Balaban J connectivity index is 1.54. The highest BCUT2D eigenvalue weighted by molar-refractivity contribution is 5.95. The Kier molecular flexibility index (Phi) is 5.88. The maximum absolute atomic E-state index is 12.3. The molecule has 2 amide bonds. The van der Waals surface area contributed by atoms with Crippen molar-refractivity contribution in [3.63, 3.8) is 0 Å². The molecular formula is C20H24N6O2. The van der Waals surface area contributed by atoms with Gasteiger partial charge in [0.15, 0.2) is 5.69 Å². The maximum atomic E-state index is 12.3. The van der Waals surface area contributed by atoms with Gasteiger partial charge in [0.2, 0.25) is 5.91 Å². The molecule has 0 aliphatic rings. The van der Waals surface area contributed by atoms with Crippen LogP contribution in [0.3, 0.4) is 0 Å². The first-order chi connectivity index (χ1) is 13.4. The number of carbonyl (C=O) groups excluding carboxylic acids is 2. The van der Waals surface area contributed by atoms with E-state index in [1.54, 1.807) is 13.1 Å². The summed E-state index contributed by atoms with van der Waals surface area (Å²) in [5, 5.41) is 14.2. The van der Waals surface area contributed by atoms with Gasteiger partial charge in [-0.2, -0.15) is 10.2 Å². The van der Waals surface area contributed by atoms with E-state index in [1.165, 1.54) is 4.68 Å². The third-order valence-electron chi connectivity index (χ3n) is 4.30. The Labute approximate surface area is 163 Å². The van der Waals surface area contributed by atoms with Crippen LogP contribution in [0.4, 0.5) is 5.82 Å². The van der Waals surface area contributed by atoms with Crippen molar-refractivity contribution in [1.82, 2.24) is 24.9 Å². The van der Waals surface area contributed by atoms with Gasteiger partial charge < -0.3 is 10.6 Å². The molecule has 0 radical (unpaired) electrons. The van der Waals surface area contributed by atoms with Crippen LogP contribution in [0.5, 0.6) is 0 Å². The SMILES string of the molecule is Cc1cc(C)n(CCNC(=O)c2cc(NC(=O)Cc3ccccc3)n(C)n2)n1. The average molecular weight is 380 g/mol. The second-order valence-electron chi connectivity index (χ2n) is 6.66. The quantitative estimate of drug-likeness (QED) is 0.654. The van der Waals surface area contributed by atoms with Crippen molar-refractivity contribution in [2.24, 2.45) is 7.05 Å². The van der Waals surface area contributed by atoms with Crippen LogP contribution >= 0.6 is 0 Å². The summed E-state index contributed by atoms with van der Waals surface area (Å²) in [7, 11) is 1.69. The van der Waals surface area contributed by atoms with E-state index in [1.807, 2.05) is 54.9 Å². The standard InChI is InChI=1S/C20H24N6O2/c1-14-11-15(2)26(23-14)10-9-21-20(28)17-13-18(25(3)24-17)22-19(27)12-16-7-5-4-6-8-16/h4-8,11,13H,9-10,12H2,1-3H3,(H,21,28)(H,22,27). The first-order valence-electron chi connectivity index (χ1n) is 9.09. The van der Waals surface area contributed by atoms with Crippen LogP contribution in [0.25, 0.3) is 0 Å². The molecule has 0 bridgehead atoms. The number of nitrogens with zero attached hydrogens (tertiary/aromatic N) is 4. The number of anilines is 1. The highest BCUT2D eigenvalue weighted by Gasteiger charge is 2.14. The minimum Gasteiger partial charge on any atom is -0.349 e. The Morgan fingerprint density at radius 2 is 1.82 bits per heavy atom. The fraction of sp³-hybridized carbons (Fsp3) is 0.300. The van der Waals surface area contributed by atoms with E-state index in [-0.39, 0.29) is 23.9 Å². The second kappa shape index (κ2) is 8.51. The van der Waals surface area contributed by atoms with Crippen LogP contribution in [0.2, 0.25) is 0 Å². The number of nitrogens with one attached hydrogen (secondary N) is 2. The fourth-order valence-corrected chi connectivity index (χ4v) is 2.93. The molecule has 28 heavy (non-hydrogen) atoms. The van der Waals surface area contributed by atoms with E-state index in [4.69, 9.17) is 0 Å². The molecule has 2 heterocycles. The number of hydrogen-bond donors (Lipinski definition) is 2. The van der Waals surface area contributed by atoms with Gasteiger partial charge in [-0.25, -0.2) is 0 Å². The number of rotatable bonds is 7. The molecule has 3 rings (SSSR count). The molecule has 0 aliphatic heterocycles. The van der Waals surface area contributed by atoms with Gasteiger partial charge in [0, 0.05) is 25.4 Å². The number of aryl methyl sites for hydroxylation is 3. The Morgan fingerprint density at radius 3 is 2.50 bits per heavy atom. The van der Waals surface area contributed by atoms with Gasteiger partial charge in [0.25, 0.3) is 5.91 Å². The molecular weight excluding hydrogens is 356 g/mol. The highest BCUT2D eigenvalue weighted by Crippen LogP contribution is 2.10. The van der Waals surface area contributed by atoms with Crippen molar-refractivity contribution < 1.29 is 9.59 Å². The molecule has 0 spiro atoms. The monoisotopic (exact) mass is 380 g/mol. The molecule has 0 saturated carbocycles. The highest BCUT2D eigenvalue weighted by atomic mass is 16.2. The first kappa shape index (κ1) is 19.3. The van der Waals surface area contributed by atoms with Crippen molar-refractivity contribution in [3.8, 4) is 0 Å². The van der Waals surface area contributed by atoms with E-state index < -0.39 is 0 Å². The van der Waals surface area contributed by atoms with Crippen molar-refractivity contribution in [1.29, 1.82) is 0 Å². The van der Waals surface area contributed by atoms with Crippen LogP contribution in [0, 0.1) is 13.8 Å². The summed E-state index contributed by atoms with van der Waals surface area (Å²) < 4.78 is 3.34. The van der Waals surface area contributed by atoms with Gasteiger partial charge in [-0.05, 0) is 25.5 Å². The summed E-state index contributed by atoms with van der Waals surface area (Å²) in [6, 6.07) is 13.0. The van der Waals surface area contributed by atoms with Crippen LogP contribution in [-0.2, 0) is 24.8 Å². The average Bonchev–Trinajstić information content (AvgIpc) is 3.17. The smallest absolute Gasteiger partial charge is 0.271 e. The Bertz CT molecular complexity index is 974. The molecule has 0 saturated heterocycles. The molecule has 0 unspecified atom stereocenters. The van der Waals surface area contributed by atoms with Crippen molar-refractivity contribution in [2.75, 3.05) is 11.9 Å². The predicted molar refractivity (Wildman–Crippen MR) is 106 cm³/mol. The van der Waals surface area contributed by atoms with E-state index in [0.717, 1.165) is 17.0 Å². The molecule has 0 fully saturated rings. The first-order valence-corrected chi connectivity index (χ1v) is 9.09. The van der Waals surface area contributed by atoms with E-state index in [0.29, 0.717) is 18.9 Å². The summed E-state index contributed by atoms with van der Waals surface area (Å²) in [6.07, 6.45) is 0.260. The normalized spacial score (nSPS) is 10.7. The Morgan fingerprint density at radius 1 is 1.07 bits per heavy atom. The van der Waals surface area contributed by atoms with Gasteiger partial charge in [-0.3, -0.25) is 19.0 Å². The van der Waals surface area contributed by atoms with Crippen molar-refractivity contribution >= 4 is 17.6 Å². The zero-order valence-electron chi connectivity index (χ0n) is 16.3. The zero-order valence-corrected chi connectivity index (χ0v) is 16.3. The molecule has 146 valence electrons. The van der Waals surface area contributed by atoms with E-state index in [9.17, 15) is 9.59 Å². The molecule has 0 aliphatic carbocycles. The summed E-state index contributed by atoms with van der Waals surface area (Å²) in [6.45, 7) is 4.93. The van der Waals surface area contributed by atoms with Crippen LogP contribution in [0.1, 0.15) is 27.4 Å². The van der Waals surface area contributed by atoms with Gasteiger partial charge in [-0.1, -0.05) is 30.3 Å². The molecule has 2 aromatic heterocycles. The molecule has 0 atom stereocenters. The fourth-order valence-electron chi connectivity index (χ4n) is 2.93. The summed E-state index contributed by atoms with van der Waals surface area (Å²) in [4.78, 5) is 24.6. The van der Waals surface area contributed by atoms with Crippen LogP contribution in [-0.4, -0.2) is 37.9 Å². The molecule has 8 nitrogen and oxygen atoms in total. The van der Waals surface area contributed by atoms with E-state index in [2.05, 4.69) is 20.8 Å². The van der Waals surface area contributed by atoms with Crippen molar-refractivity contribution in [3.05, 3.63) is 65.1 Å². The van der Waals surface area contributed by atoms with Gasteiger partial charge >= 0.3 is 0 Å². The van der Waals surface area contributed by atoms with Gasteiger partial charge in [0.05, 0.1) is 18.7 Å². The number of hydrogen-bond acceptors (Lipinski definition) is 4. The zero-order chi connectivity index (χ0) is 20.1. The second-order valence-corrected chi connectivity index (χ2v) is 6.66. The summed E-state index contributed by atoms with van der Waals surface area (Å²) in [5.41, 5.74) is 3.17. The maximum Gasteiger partial charge on any atom is 0.271 e.